The largest absolute Gasteiger partial charge is 0.208 e. The van der Waals surface area contributed by atoms with Crippen LogP contribution in [0, 0.1) is 0 Å². The molecule has 0 amide bonds. The Balaban J connectivity index is 0.000000160. The van der Waals surface area contributed by atoms with Gasteiger partial charge in [0.15, 0.2) is 69.9 Å². The number of benzene rings is 17. The maximum atomic E-state index is 5.07. The number of hydrogen-bond donors (Lipinski definition) is 0. The van der Waals surface area contributed by atoms with Crippen molar-refractivity contribution in [3.63, 3.8) is 0 Å². The first-order valence-corrected chi connectivity index (χ1v) is 41.8. The molecule has 0 aliphatic heterocycles. The summed E-state index contributed by atoms with van der Waals surface area (Å²) in [6.45, 7) is 0. The van der Waals surface area contributed by atoms with E-state index in [2.05, 4.69) is 267 Å². The van der Waals surface area contributed by atoms with Gasteiger partial charge in [0, 0.05) is 66.8 Å². The zero-order valence-electron chi connectivity index (χ0n) is 68.2. The van der Waals surface area contributed by atoms with Gasteiger partial charge in [0.2, 0.25) is 0 Å². The van der Waals surface area contributed by atoms with Crippen molar-refractivity contribution < 1.29 is 0 Å². The molecule has 0 radical (unpaired) electrons. The van der Waals surface area contributed by atoms with Crippen LogP contribution in [0.5, 0.6) is 0 Å². The normalized spacial score (nSPS) is 11.0. The van der Waals surface area contributed by atoms with Gasteiger partial charge in [0.25, 0.3) is 0 Å². The van der Waals surface area contributed by atoms with E-state index in [-0.39, 0.29) is 0 Å². The molecule has 4 heterocycles. The number of nitrogens with zero attached hydrogens (tertiary/aromatic N) is 12. The van der Waals surface area contributed by atoms with E-state index in [0.29, 0.717) is 69.9 Å². The molecule has 21 aromatic rings. The molecule has 0 spiro atoms. The second-order valence-corrected chi connectivity index (χ2v) is 30.4. The van der Waals surface area contributed by atoms with Gasteiger partial charge in [0.1, 0.15) is 0 Å². The zero-order chi connectivity index (χ0) is 84.2. The van der Waals surface area contributed by atoms with E-state index in [0.717, 1.165) is 145 Å². The molecule has 17 aromatic carbocycles. The molecule has 0 bridgehead atoms. The summed E-state index contributed by atoms with van der Waals surface area (Å²) in [4.78, 5) is 59.8. The van der Waals surface area contributed by atoms with Crippen molar-refractivity contribution in [1.29, 1.82) is 0 Å². The molecule has 12 nitrogen and oxygen atoms in total. The van der Waals surface area contributed by atoms with Crippen molar-refractivity contribution in [2.24, 2.45) is 0 Å². The Morgan fingerprint density at radius 1 is 0.0714 bits per heavy atom. The zero-order valence-corrected chi connectivity index (χ0v) is 68.2. The van der Waals surface area contributed by atoms with E-state index in [1.54, 1.807) is 0 Å². The highest BCUT2D eigenvalue weighted by Crippen LogP contribution is 2.39. The van der Waals surface area contributed by atoms with E-state index >= 15 is 0 Å². The Bertz CT molecular complexity index is 7290. The van der Waals surface area contributed by atoms with Gasteiger partial charge in [-0.15, -0.1) is 0 Å². The lowest BCUT2D eigenvalue weighted by Gasteiger charge is -2.12. The van der Waals surface area contributed by atoms with Crippen molar-refractivity contribution in [1.82, 2.24) is 59.8 Å². The van der Waals surface area contributed by atoms with E-state index in [1.807, 2.05) is 194 Å². The molecule has 0 aliphatic carbocycles. The summed E-state index contributed by atoms with van der Waals surface area (Å²) in [5.74, 6) is 7.50. The van der Waals surface area contributed by atoms with Crippen molar-refractivity contribution in [2.45, 2.75) is 0 Å². The van der Waals surface area contributed by atoms with E-state index in [4.69, 9.17) is 59.8 Å². The lowest BCUT2D eigenvalue weighted by atomic mass is 9.95. The molecule has 12 heteroatoms. The van der Waals surface area contributed by atoms with Crippen LogP contribution < -0.4 is 0 Å². The highest BCUT2D eigenvalue weighted by Gasteiger charge is 2.21. The maximum Gasteiger partial charge on any atom is 0.164 e. The van der Waals surface area contributed by atoms with Gasteiger partial charge in [-0.2, -0.15) is 0 Å². The quantitative estimate of drug-likeness (QED) is 0.0757. The van der Waals surface area contributed by atoms with Crippen LogP contribution in [0.25, 0.3) is 215 Å². The Hall–Kier alpha value is -17.2. The third-order valence-corrected chi connectivity index (χ3v) is 22.0. The number of hydrogen-bond acceptors (Lipinski definition) is 12. The minimum Gasteiger partial charge on any atom is -0.208 e. The Morgan fingerprint density at radius 2 is 0.167 bits per heavy atom. The van der Waals surface area contributed by atoms with Gasteiger partial charge in [-0.3, -0.25) is 0 Å². The SMILES string of the molecule is c1ccc(-c2ccc(-c3nc(-c4ccccc4)nc(-c4cccc(-c5cccc(-c6cccc(-c7cccc(-c8nc(-c9ccccc9)nc(-c9ccccc9)n8)c7)c6)c5)c4)n3)cc2)cc1.c1ccc(-c2ccc(-c3nc(-c4ccccc4)nc(-c4cccc(-c5cccc(-c6cccc(-c7nc(-c8ccccc8)nc(-c8ccccc8)n7)c6)c5)c4)n3)cc2)cc1. The fourth-order valence-electron chi connectivity index (χ4n) is 15.4. The van der Waals surface area contributed by atoms with Crippen molar-refractivity contribution in [3.05, 3.63) is 461 Å². The van der Waals surface area contributed by atoms with Gasteiger partial charge in [-0.1, -0.05) is 419 Å². The van der Waals surface area contributed by atoms with E-state index in [9.17, 15) is 0 Å². The number of rotatable bonds is 19. The molecule has 0 fully saturated rings. The highest BCUT2D eigenvalue weighted by molar-refractivity contribution is 5.84. The average molecular weight is 1610 g/mol. The van der Waals surface area contributed by atoms with Gasteiger partial charge >= 0.3 is 0 Å². The predicted octanol–water partition coefficient (Wildman–Crippen LogP) is 27.8. The number of aromatic nitrogens is 12. The molecule has 0 unspecified atom stereocenters. The second kappa shape index (κ2) is 36.0. The molecular formula is C114H76N12. The lowest BCUT2D eigenvalue weighted by molar-refractivity contribution is 1.07. The standard InChI is InChI=1S/C60H40N6.C54H36N6/c1-5-17-41(18-6-1)42-33-35-46(36-34-42)58-62-57(45-23-11-4-12-24-45)65-60(66-58)54-32-16-30-52(40-54)50-28-14-26-48(38-50)47-25-13-27-49(37-47)51-29-15-31-53(39-51)59-63-55(43-19-7-2-8-20-43)61-56(64-59)44-21-9-3-10-22-44;1-5-16-37(17-6-1)38-30-32-42(33-31-38)52-56-51(41-22-11-4-12-23-41)59-54(60-52)48-29-15-27-46(36-48)44-25-13-24-43(34-44)45-26-14-28-47(35-45)53-57-49(39-18-7-2-8-19-39)55-50(58-53)40-20-9-3-10-21-40/h1-40H;1-36H. The van der Waals surface area contributed by atoms with Crippen LogP contribution in [0.1, 0.15) is 0 Å². The Labute approximate surface area is 730 Å². The molecule has 21 rings (SSSR count). The van der Waals surface area contributed by atoms with Crippen molar-refractivity contribution in [3.8, 4) is 215 Å². The van der Waals surface area contributed by atoms with Crippen LogP contribution in [0.15, 0.2) is 461 Å². The van der Waals surface area contributed by atoms with Crippen molar-refractivity contribution >= 4 is 0 Å². The predicted molar refractivity (Wildman–Crippen MR) is 510 cm³/mol. The molecule has 592 valence electrons. The van der Waals surface area contributed by atoms with Gasteiger partial charge in [0.05, 0.1) is 0 Å². The highest BCUT2D eigenvalue weighted by atomic mass is 15.1. The molecule has 4 aromatic heterocycles. The first-order chi connectivity index (χ1) is 62.4. The van der Waals surface area contributed by atoms with E-state index in [1.165, 1.54) is 0 Å². The molecule has 0 N–H and O–H groups in total. The third-order valence-electron chi connectivity index (χ3n) is 22.0. The summed E-state index contributed by atoms with van der Waals surface area (Å²) in [6, 6.07) is 158. The summed E-state index contributed by atoms with van der Waals surface area (Å²) < 4.78 is 0. The van der Waals surface area contributed by atoms with Crippen LogP contribution in [-0.4, -0.2) is 59.8 Å². The second-order valence-electron chi connectivity index (χ2n) is 30.4. The molecule has 0 aliphatic rings. The molecule has 126 heavy (non-hydrogen) atoms. The molecule has 0 atom stereocenters. The fourth-order valence-corrected chi connectivity index (χ4v) is 15.4. The van der Waals surface area contributed by atoms with Gasteiger partial charge in [-0.25, -0.2) is 59.8 Å². The van der Waals surface area contributed by atoms with Crippen LogP contribution in [-0.2, 0) is 0 Å². The lowest BCUT2D eigenvalue weighted by Crippen LogP contribution is -2.00. The third kappa shape index (κ3) is 17.6. The molecule has 0 saturated heterocycles. The average Bonchev–Trinajstić information content (AvgIpc) is 0.801. The maximum absolute atomic E-state index is 5.07. The summed E-state index contributed by atoms with van der Waals surface area (Å²) in [6.07, 6.45) is 0. The minimum atomic E-state index is 0.610. The topological polar surface area (TPSA) is 155 Å². The first kappa shape index (κ1) is 77.4. The molecule has 0 saturated carbocycles. The van der Waals surface area contributed by atoms with Crippen LogP contribution in [0.2, 0.25) is 0 Å². The Morgan fingerprint density at radius 3 is 0.325 bits per heavy atom. The Kier molecular flexibility index (Phi) is 22.1. The van der Waals surface area contributed by atoms with Gasteiger partial charge < -0.3 is 0 Å². The van der Waals surface area contributed by atoms with Crippen LogP contribution in [0.3, 0.4) is 0 Å². The smallest absolute Gasteiger partial charge is 0.164 e. The fraction of sp³-hybridized carbons (Fsp3) is 0. The summed E-state index contributed by atoms with van der Waals surface area (Å²) in [7, 11) is 0. The van der Waals surface area contributed by atoms with Crippen LogP contribution in [0.4, 0.5) is 0 Å². The first-order valence-electron chi connectivity index (χ1n) is 41.8. The summed E-state index contributed by atoms with van der Waals surface area (Å²) in [5, 5.41) is 0. The van der Waals surface area contributed by atoms with Crippen molar-refractivity contribution in [2.75, 3.05) is 0 Å². The summed E-state index contributed by atoms with van der Waals surface area (Å²) >= 11 is 0. The monoisotopic (exact) mass is 1610 g/mol. The molecular weight excluding hydrogens is 1540 g/mol. The van der Waals surface area contributed by atoms with E-state index < -0.39 is 0 Å². The summed E-state index contributed by atoms with van der Waals surface area (Å²) in [5.41, 5.74) is 26.5. The van der Waals surface area contributed by atoms with Crippen LogP contribution >= 0.6 is 0 Å². The van der Waals surface area contributed by atoms with Gasteiger partial charge in [-0.05, 0) is 120 Å². The minimum absolute atomic E-state index is 0.610.